The molecule has 10 aromatic carbocycles. The fourth-order valence-corrected chi connectivity index (χ4v) is 8.28. The number of rotatable bonds is 8. The lowest BCUT2D eigenvalue weighted by Crippen LogP contribution is -2.10. The van der Waals surface area contributed by atoms with Crippen molar-refractivity contribution in [1.29, 1.82) is 0 Å². The van der Waals surface area contributed by atoms with Gasteiger partial charge in [0.15, 0.2) is 0 Å². The van der Waals surface area contributed by atoms with Crippen molar-refractivity contribution < 1.29 is 8.78 Å². The van der Waals surface area contributed by atoms with Crippen LogP contribution in [0.2, 0.25) is 0 Å². The molecule has 0 aliphatic carbocycles. The van der Waals surface area contributed by atoms with Gasteiger partial charge in [-0.05, 0) is 188 Å². The molecule has 354 valence electrons. The highest BCUT2D eigenvalue weighted by molar-refractivity contribution is 5.83. The van der Waals surface area contributed by atoms with E-state index in [0.29, 0.717) is 0 Å². The van der Waals surface area contributed by atoms with Gasteiger partial charge < -0.3 is 10.6 Å². The number of hydrogen-bond acceptors (Lipinski definition) is 2. The van der Waals surface area contributed by atoms with Gasteiger partial charge in [-0.2, -0.15) is 0 Å². The number of benzene rings is 10. The zero-order valence-corrected chi connectivity index (χ0v) is 41.6. The lowest BCUT2D eigenvalue weighted by atomic mass is 9.93. The maximum Gasteiger partial charge on any atom is 0.123 e. The first-order valence-electron chi connectivity index (χ1n) is 24.0. The van der Waals surface area contributed by atoms with Crippen LogP contribution in [-0.2, 0) is 6.42 Å². The molecule has 0 saturated carbocycles. The molecule has 0 amide bonds. The van der Waals surface area contributed by atoms with E-state index in [-0.39, 0.29) is 11.6 Å². The van der Waals surface area contributed by atoms with Crippen molar-refractivity contribution in [3.8, 4) is 33.4 Å². The summed E-state index contributed by atoms with van der Waals surface area (Å²) in [5.41, 5.74) is 25.6. The van der Waals surface area contributed by atoms with E-state index in [4.69, 9.17) is 5.73 Å². The summed E-state index contributed by atoms with van der Waals surface area (Å²) in [4.78, 5) is 2.23. The molecule has 4 heteroatoms. The van der Waals surface area contributed by atoms with Crippen molar-refractivity contribution in [3.05, 3.63) is 299 Å². The van der Waals surface area contributed by atoms with Crippen LogP contribution in [0.1, 0.15) is 44.5 Å². The number of nitrogens with zero attached hydrogens (tertiary/aromatic N) is 1. The molecule has 0 atom stereocenters. The van der Waals surface area contributed by atoms with Gasteiger partial charge in [0.25, 0.3) is 0 Å². The molecule has 10 aromatic rings. The molecule has 2 N–H and O–H groups in total. The van der Waals surface area contributed by atoms with Crippen LogP contribution in [0.15, 0.2) is 243 Å². The molecule has 0 radical (unpaired) electrons. The largest absolute Gasteiger partial charge is 0.399 e. The number of nitrogens with two attached hydrogens (primary N) is 1. The molecule has 0 aliphatic heterocycles. The first kappa shape index (κ1) is 50.5. The van der Waals surface area contributed by atoms with Crippen LogP contribution in [-0.4, -0.2) is 0 Å². The minimum atomic E-state index is -0.228. The third-order valence-electron chi connectivity index (χ3n) is 12.3. The van der Waals surface area contributed by atoms with E-state index >= 15 is 0 Å². The summed E-state index contributed by atoms with van der Waals surface area (Å²) in [6.45, 7) is 12.4. The second-order valence-electron chi connectivity index (χ2n) is 17.9. The molecule has 0 bridgehead atoms. The predicted octanol–water partition coefficient (Wildman–Crippen LogP) is 18.5. The highest BCUT2D eigenvalue weighted by atomic mass is 19.1. The minimum absolute atomic E-state index is 0.187. The molecule has 0 saturated heterocycles. The molecule has 10 rings (SSSR count). The Labute approximate surface area is 420 Å². The lowest BCUT2D eigenvalue weighted by Gasteiger charge is -2.27. The summed E-state index contributed by atoms with van der Waals surface area (Å²) < 4.78 is 27.7. The molecule has 71 heavy (non-hydrogen) atoms. The quantitative estimate of drug-likeness (QED) is 0.154. The maximum absolute atomic E-state index is 14.1. The Kier molecular flexibility index (Phi) is 17.6. The normalized spacial score (nSPS) is 10.4. The third kappa shape index (κ3) is 14.4. The molecule has 0 aromatic heterocycles. The Bertz CT molecular complexity index is 3190. The SMILES string of the molecule is Cc1ccc(F)cc1-c1cc(Cc2ccccc2)ccc1C.Cc1ccc(F)cc1-c1cc(N(c2ccccc2)c2ccc(-c3ccc(N)cc3)cc2)ccc1C.Cc1ccccc1.Cc1ccccc1. The summed E-state index contributed by atoms with van der Waals surface area (Å²) in [5.74, 6) is -0.415. The van der Waals surface area contributed by atoms with Crippen molar-refractivity contribution in [2.45, 2.75) is 48.0 Å². The van der Waals surface area contributed by atoms with E-state index in [1.54, 1.807) is 12.1 Å². The number of hydrogen-bond donors (Lipinski definition) is 1. The van der Waals surface area contributed by atoms with Gasteiger partial charge in [-0.25, -0.2) is 8.78 Å². The molecular formula is C67H62F2N2. The first-order valence-corrected chi connectivity index (χ1v) is 24.0. The first-order chi connectivity index (χ1) is 34.4. The smallest absolute Gasteiger partial charge is 0.123 e. The Morgan fingerprint density at radius 3 is 1.15 bits per heavy atom. The summed E-state index contributed by atoms with van der Waals surface area (Å²) in [6.07, 6.45) is 0.891. The number of nitrogen functional groups attached to an aromatic ring is 1. The van der Waals surface area contributed by atoms with Gasteiger partial charge in [0, 0.05) is 22.7 Å². The van der Waals surface area contributed by atoms with Crippen LogP contribution >= 0.6 is 0 Å². The number of para-hydroxylation sites is 1. The Balaban J connectivity index is 0.000000172. The predicted molar refractivity (Wildman–Crippen MR) is 299 cm³/mol. The highest BCUT2D eigenvalue weighted by Crippen LogP contribution is 2.39. The van der Waals surface area contributed by atoms with Crippen molar-refractivity contribution in [1.82, 2.24) is 0 Å². The van der Waals surface area contributed by atoms with E-state index in [2.05, 4.69) is 154 Å². The molecule has 0 spiro atoms. The number of aryl methyl sites for hydroxylation is 6. The zero-order valence-electron chi connectivity index (χ0n) is 41.6. The van der Waals surface area contributed by atoms with Gasteiger partial charge in [0.1, 0.15) is 11.6 Å². The van der Waals surface area contributed by atoms with Gasteiger partial charge in [-0.3, -0.25) is 0 Å². The van der Waals surface area contributed by atoms with Crippen LogP contribution in [0.3, 0.4) is 0 Å². The van der Waals surface area contributed by atoms with Gasteiger partial charge >= 0.3 is 0 Å². The fraction of sp³-hybridized carbons (Fsp3) is 0.104. The average Bonchev–Trinajstić information content (AvgIpc) is 3.39. The van der Waals surface area contributed by atoms with Crippen LogP contribution in [0.25, 0.3) is 33.4 Å². The number of anilines is 4. The standard InChI is InChI=1S/C32H27FN2.C21H19F.2C7H8/c1-22-8-14-26(33)20-31(22)32-21-30(17-9-23(32)2)35(28-6-4-3-5-7-28)29-18-12-25(13-19-29)24-10-15-27(34)16-11-24;1-15-8-10-18(12-17-6-4-3-5-7-17)13-20(15)21-14-19(22)11-9-16(21)2;2*1-7-5-3-2-4-6-7/h3-21H,34H2,1-2H3;3-11,13-14H,12H2,1-2H3;2*2-6H,1H3. The second kappa shape index (κ2) is 24.8. The lowest BCUT2D eigenvalue weighted by molar-refractivity contribution is 0.627. The summed E-state index contributed by atoms with van der Waals surface area (Å²) >= 11 is 0. The van der Waals surface area contributed by atoms with Gasteiger partial charge in [0.2, 0.25) is 0 Å². The summed E-state index contributed by atoms with van der Waals surface area (Å²) in [7, 11) is 0. The summed E-state index contributed by atoms with van der Waals surface area (Å²) in [6, 6.07) is 80.4. The Morgan fingerprint density at radius 1 is 0.324 bits per heavy atom. The van der Waals surface area contributed by atoms with Crippen LogP contribution in [0.5, 0.6) is 0 Å². The van der Waals surface area contributed by atoms with E-state index in [0.717, 1.165) is 79.2 Å². The maximum atomic E-state index is 14.1. The molecule has 0 fully saturated rings. The molecule has 2 nitrogen and oxygen atoms in total. The monoisotopic (exact) mass is 932 g/mol. The summed E-state index contributed by atoms with van der Waals surface area (Å²) in [5, 5.41) is 0. The van der Waals surface area contributed by atoms with E-state index in [1.165, 1.54) is 39.9 Å². The van der Waals surface area contributed by atoms with Crippen LogP contribution < -0.4 is 10.6 Å². The Morgan fingerprint density at radius 2 is 0.690 bits per heavy atom. The van der Waals surface area contributed by atoms with Crippen molar-refractivity contribution in [2.24, 2.45) is 0 Å². The van der Waals surface area contributed by atoms with Gasteiger partial charge in [-0.15, -0.1) is 0 Å². The molecule has 0 heterocycles. The van der Waals surface area contributed by atoms with Crippen molar-refractivity contribution >= 4 is 22.7 Å². The van der Waals surface area contributed by atoms with E-state index < -0.39 is 0 Å². The number of halogens is 2. The third-order valence-corrected chi connectivity index (χ3v) is 12.3. The Hall–Kier alpha value is -8.34. The van der Waals surface area contributed by atoms with Crippen LogP contribution in [0, 0.1) is 53.2 Å². The fourth-order valence-electron chi connectivity index (χ4n) is 8.28. The van der Waals surface area contributed by atoms with Gasteiger partial charge in [-0.1, -0.05) is 181 Å². The highest BCUT2D eigenvalue weighted by Gasteiger charge is 2.16. The van der Waals surface area contributed by atoms with Crippen LogP contribution in [0.4, 0.5) is 31.5 Å². The van der Waals surface area contributed by atoms with E-state index in [1.807, 2.05) is 111 Å². The average molecular weight is 933 g/mol. The minimum Gasteiger partial charge on any atom is -0.399 e. The molecule has 0 aliphatic rings. The molecular weight excluding hydrogens is 871 g/mol. The zero-order chi connectivity index (χ0) is 50.1. The topological polar surface area (TPSA) is 29.3 Å². The van der Waals surface area contributed by atoms with Gasteiger partial charge in [0.05, 0.1) is 0 Å². The van der Waals surface area contributed by atoms with Crippen molar-refractivity contribution in [3.63, 3.8) is 0 Å². The van der Waals surface area contributed by atoms with E-state index in [9.17, 15) is 8.78 Å². The van der Waals surface area contributed by atoms with Crippen molar-refractivity contribution in [2.75, 3.05) is 10.6 Å². The second-order valence-corrected chi connectivity index (χ2v) is 17.9. The molecule has 0 unspecified atom stereocenters.